The highest BCUT2D eigenvalue weighted by Gasteiger charge is 2.03. The van der Waals surface area contributed by atoms with Gasteiger partial charge in [0.25, 0.3) is 0 Å². The predicted octanol–water partition coefficient (Wildman–Crippen LogP) is 0.693. The molecule has 1 N–H and O–H groups in total. The molecule has 0 fully saturated rings. The van der Waals surface area contributed by atoms with Gasteiger partial charge in [-0.1, -0.05) is 18.2 Å². The smallest absolute Gasteiger partial charge is 0.328 e. The van der Waals surface area contributed by atoms with E-state index in [4.69, 9.17) is 5.11 Å². The van der Waals surface area contributed by atoms with Gasteiger partial charge in [0.05, 0.1) is 6.54 Å². The minimum atomic E-state index is -1.02. The van der Waals surface area contributed by atoms with E-state index < -0.39 is 17.1 Å². The van der Waals surface area contributed by atoms with Gasteiger partial charge in [-0.25, -0.2) is 4.79 Å². The Kier molecular flexibility index (Phi) is 4.18. The largest absolute Gasteiger partial charge is 0.478 e. The zero-order valence-electron chi connectivity index (χ0n) is 11.4. The average molecular weight is 286 g/mol. The summed E-state index contributed by atoms with van der Waals surface area (Å²) >= 11 is 0. The third-order valence-corrected chi connectivity index (χ3v) is 2.96. The Labute approximate surface area is 120 Å². The zero-order chi connectivity index (χ0) is 15.4. The van der Waals surface area contributed by atoms with Gasteiger partial charge in [-0.2, -0.15) is 0 Å². The van der Waals surface area contributed by atoms with Gasteiger partial charge < -0.3 is 14.2 Å². The number of carbonyl (C=O) groups is 1. The van der Waals surface area contributed by atoms with Gasteiger partial charge in [-0.05, 0) is 23.3 Å². The van der Waals surface area contributed by atoms with E-state index in [1.165, 1.54) is 28.5 Å². The molecule has 0 bridgehead atoms. The van der Waals surface area contributed by atoms with Gasteiger partial charge in [-0.3, -0.25) is 9.59 Å². The number of aryl methyl sites for hydroxylation is 1. The van der Waals surface area contributed by atoms with Crippen LogP contribution in [0.25, 0.3) is 6.08 Å². The van der Waals surface area contributed by atoms with Crippen LogP contribution in [0.5, 0.6) is 0 Å². The molecule has 0 unspecified atom stereocenters. The molecule has 6 heteroatoms. The van der Waals surface area contributed by atoms with Gasteiger partial charge in [-0.15, -0.1) is 0 Å². The summed E-state index contributed by atoms with van der Waals surface area (Å²) in [6.45, 7) is 0.254. The van der Waals surface area contributed by atoms with Crippen molar-refractivity contribution >= 4 is 12.0 Å². The molecule has 0 atom stereocenters. The van der Waals surface area contributed by atoms with Crippen molar-refractivity contribution in [1.82, 2.24) is 9.13 Å². The lowest BCUT2D eigenvalue weighted by atomic mass is 10.1. The molecule has 0 saturated heterocycles. The van der Waals surface area contributed by atoms with Crippen LogP contribution in [0.15, 0.2) is 52.3 Å². The first-order chi connectivity index (χ1) is 9.97. The second-order valence-corrected chi connectivity index (χ2v) is 4.56. The zero-order valence-corrected chi connectivity index (χ0v) is 11.4. The van der Waals surface area contributed by atoms with Gasteiger partial charge in [0.1, 0.15) is 0 Å². The third kappa shape index (κ3) is 3.56. The van der Waals surface area contributed by atoms with Crippen molar-refractivity contribution in [3.8, 4) is 0 Å². The molecule has 0 radical (unpaired) electrons. The molecule has 0 aliphatic heterocycles. The molecular weight excluding hydrogens is 272 g/mol. The van der Waals surface area contributed by atoms with Gasteiger partial charge in [0, 0.05) is 25.5 Å². The molecule has 1 aromatic heterocycles. The molecule has 0 saturated carbocycles. The molecule has 6 nitrogen and oxygen atoms in total. The first kappa shape index (κ1) is 14.5. The van der Waals surface area contributed by atoms with E-state index in [0.717, 1.165) is 11.6 Å². The third-order valence-electron chi connectivity index (χ3n) is 2.96. The highest BCUT2D eigenvalue weighted by atomic mass is 16.4. The molecule has 2 aromatic rings. The van der Waals surface area contributed by atoms with Crippen molar-refractivity contribution in [2.75, 3.05) is 0 Å². The maximum Gasteiger partial charge on any atom is 0.328 e. The first-order valence-corrected chi connectivity index (χ1v) is 6.23. The Bertz CT molecular complexity index is 815. The second kappa shape index (κ2) is 6.04. The second-order valence-electron chi connectivity index (χ2n) is 4.56. The van der Waals surface area contributed by atoms with Crippen molar-refractivity contribution in [1.29, 1.82) is 0 Å². The van der Waals surface area contributed by atoms with E-state index in [2.05, 4.69) is 0 Å². The maximum absolute atomic E-state index is 11.8. The van der Waals surface area contributed by atoms with Crippen LogP contribution in [0.1, 0.15) is 11.1 Å². The number of carboxylic acids is 1. The lowest BCUT2D eigenvalue weighted by molar-refractivity contribution is -0.131. The highest BCUT2D eigenvalue weighted by molar-refractivity contribution is 5.85. The number of nitrogens with zero attached hydrogens (tertiary/aromatic N) is 2. The van der Waals surface area contributed by atoms with Crippen LogP contribution in [0.3, 0.4) is 0 Å². The van der Waals surface area contributed by atoms with Crippen molar-refractivity contribution in [3.05, 3.63) is 74.6 Å². The topological polar surface area (TPSA) is 81.3 Å². The summed E-state index contributed by atoms with van der Waals surface area (Å²) in [6.07, 6.45) is 5.59. The van der Waals surface area contributed by atoms with Crippen LogP contribution < -0.4 is 11.1 Å². The summed E-state index contributed by atoms with van der Waals surface area (Å²) in [5.74, 6) is -1.02. The summed E-state index contributed by atoms with van der Waals surface area (Å²) in [5, 5.41) is 8.60. The van der Waals surface area contributed by atoms with E-state index in [0.29, 0.717) is 5.56 Å². The Morgan fingerprint density at radius 1 is 1.24 bits per heavy atom. The fourth-order valence-electron chi connectivity index (χ4n) is 1.87. The molecule has 0 aliphatic rings. The van der Waals surface area contributed by atoms with Crippen LogP contribution >= 0.6 is 0 Å². The van der Waals surface area contributed by atoms with Crippen molar-refractivity contribution < 1.29 is 9.90 Å². The highest BCUT2D eigenvalue weighted by Crippen LogP contribution is 2.08. The Hall–Kier alpha value is -2.89. The summed E-state index contributed by atoms with van der Waals surface area (Å²) < 4.78 is 2.55. The number of rotatable bonds is 4. The van der Waals surface area contributed by atoms with E-state index in [1.807, 2.05) is 6.07 Å². The van der Waals surface area contributed by atoms with Gasteiger partial charge in [0.15, 0.2) is 0 Å². The lowest BCUT2D eigenvalue weighted by Crippen LogP contribution is -2.39. The normalized spacial score (nSPS) is 10.9. The molecule has 0 aliphatic carbocycles. The molecule has 1 aromatic carbocycles. The minimum absolute atomic E-state index is 0.254. The Morgan fingerprint density at radius 3 is 2.71 bits per heavy atom. The van der Waals surface area contributed by atoms with E-state index in [-0.39, 0.29) is 6.54 Å². The number of hydrogen-bond donors (Lipinski definition) is 1. The molecule has 108 valence electrons. The number of aliphatic carboxylic acids is 1. The molecule has 0 spiro atoms. The van der Waals surface area contributed by atoms with Crippen LogP contribution in [-0.4, -0.2) is 20.2 Å². The molecule has 2 rings (SSSR count). The quantitative estimate of drug-likeness (QED) is 0.662. The summed E-state index contributed by atoms with van der Waals surface area (Å²) in [5.41, 5.74) is 0.343. The fraction of sp³-hybridized carbons (Fsp3) is 0.133. The van der Waals surface area contributed by atoms with Gasteiger partial charge in [0.2, 0.25) is 0 Å². The van der Waals surface area contributed by atoms with E-state index in [9.17, 15) is 14.4 Å². The maximum atomic E-state index is 11.8. The van der Waals surface area contributed by atoms with E-state index in [1.54, 1.807) is 24.4 Å². The van der Waals surface area contributed by atoms with Crippen LogP contribution in [0, 0.1) is 0 Å². The predicted molar refractivity (Wildman–Crippen MR) is 78.2 cm³/mol. The van der Waals surface area contributed by atoms with Crippen molar-refractivity contribution in [2.24, 2.45) is 7.05 Å². The molecular formula is C15H14N2O4. The van der Waals surface area contributed by atoms with Crippen LogP contribution in [-0.2, 0) is 18.4 Å². The fourth-order valence-corrected chi connectivity index (χ4v) is 1.87. The van der Waals surface area contributed by atoms with E-state index >= 15 is 0 Å². The summed E-state index contributed by atoms with van der Waals surface area (Å²) in [4.78, 5) is 33.9. The van der Waals surface area contributed by atoms with Gasteiger partial charge >= 0.3 is 17.1 Å². The Morgan fingerprint density at radius 2 is 2.00 bits per heavy atom. The van der Waals surface area contributed by atoms with Crippen molar-refractivity contribution in [2.45, 2.75) is 6.54 Å². The number of aromatic nitrogens is 2. The van der Waals surface area contributed by atoms with Crippen LogP contribution in [0.2, 0.25) is 0 Å². The number of carboxylic acid groups (broad SMARTS) is 1. The Balaban J connectivity index is 2.31. The van der Waals surface area contributed by atoms with Crippen molar-refractivity contribution in [3.63, 3.8) is 0 Å². The molecule has 1 heterocycles. The number of hydrogen-bond acceptors (Lipinski definition) is 3. The lowest BCUT2D eigenvalue weighted by Gasteiger charge is -2.07. The minimum Gasteiger partial charge on any atom is -0.478 e. The van der Waals surface area contributed by atoms with Crippen LogP contribution in [0.4, 0.5) is 0 Å². The SMILES string of the molecule is Cn1ccn(Cc2cccc(C=CC(=O)O)c2)c(=O)c1=O. The summed E-state index contributed by atoms with van der Waals surface area (Å²) in [7, 11) is 1.52. The molecule has 0 amide bonds. The first-order valence-electron chi connectivity index (χ1n) is 6.23. The monoisotopic (exact) mass is 286 g/mol. The molecule has 21 heavy (non-hydrogen) atoms. The summed E-state index contributed by atoms with van der Waals surface area (Å²) in [6, 6.07) is 7.10. The average Bonchev–Trinajstić information content (AvgIpc) is 2.46. The standard InChI is InChI=1S/C15H14N2O4/c1-16-7-8-17(15(21)14(16)20)10-12-4-2-3-11(9-12)5-6-13(18)19/h2-9H,10H2,1H3,(H,18,19). The number of benzene rings is 1.